The molecule has 0 atom stereocenters. The number of rotatable bonds is 9. The fourth-order valence-electron chi connectivity index (χ4n) is 2.61. The Labute approximate surface area is 161 Å². The maximum atomic E-state index is 4.69. The largest absolute Gasteiger partial charge is 0.357 e. The third-order valence-electron chi connectivity index (χ3n) is 4.16. The van der Waals surface area contributed by atoms with E-state index in [1.54, 1.807) is 11.3 Å². The summed E-state index contributed by atoms with van der Waals surface area (Å²) in [4.78, 5) is 12.7. The quantitative estimate of drug-likeness (QED) is 0.521. The van der Waals surface area contributed by atoms with Gasteiger partial charge in [0.2, 0.25) is 0 Å². The third kappa shape index (κ3) is 6.77. The predicted molar refractivity (Wildman–Crippen MR) is 112 cm³/mol. The highest BCUT2D eigenvalue weighted by atomic mass is 32.1. The minimum Gasteiger partial charge on any atom is -0.357 e. The molecule has 0 saturated carbocycles. The van der Waals surface area contributed by atoms with Crippen molar-refractivity contribution in [3.63, 3.8) is 0 Å². The second-order valence-corrected chi connectivity index (χ2v) is 7.51. The molecule has 2 aromatic rings. The highest BCUT2D eigenvalue weighted by Gasteiger charge is 2.03. The Kier molecular flexibility index (Phi) is 8.58. The average Bonchev–Trinajstić information content (AvgIpc) is 3.08. The summed E-state index contributed by atoms with van der Waals surface area (Å²) in [5.41, 5.74) is 2.57. The molecule has 0 aliphatic rings. The molecule has 1 aromatic carbocycles. The molecular formula is C20H31N5S. The Hall–Kier alpha value is -1.92. The molecule has 0 radical (unpaired) electrons. The second-order valence-electron chi connectivity index (χ2n) is 6.19. The van der Waals surface area contributed by atoms with E-state index < -0.39 is 0 Å². The molecule has 0 fully saturated rings. The van der Waals surface area contributed by atoms with Crippen molar-refractivity contribution >= 4 is 17.3 Å². The number of thiazole rings is 1. The summed E-state index contributed by atoms with van der Waals surface area (Å²) >= 11 is 1.71. The van der Waals surface area contributed by atoms with Gasteiger partial charge in [0.1, 0.15) is 5.01 Å². The van der Waals surface area contributed by atoms with Crippen LogP contribution in [-0.2, 0) is 19.6 Å². The van der Waals surface area contributed by atoms with Gasteiger partial charge in [0.05, 0.1) is 13.1 Å². The second kappa shape index (κ2) is 10.9. The molecule has 0 unspecified atom stereocenters. The van der Waals surface area contributed by atoms with Crippen LogP contribution in [0, 0.1) is 6.92 Å². The normalized spacial score (nSPS) is 11.8. The highest BCUT2D eigenvalue weighted by molar-refractivity contribution is 7.11. The van der Waals surface area contributed by atoms with Crippen LogP contribution in [0.1, 0.15) is 41.8 Å². The zero-order valence-electron chi connectivity index (χ0n) is 16.4. The molecule has 2 rings (SSSR count). The number of aromatic nitrogens is 1. The van der Waals surface area contributed by atoms with Crippen molar-refractivity contribution in [2.75, 3.05) is 19.6 Å². The van der Waals surface area contributed by atoms with Gasteiger partial charge in [-0.3, -0.25) is 4.90 Å². The number of guanidine groups is 1. The smallest absolute Gasteiger partial charge is 0.191 e. The number of hydrogen-bond donors (Lipinski definition) is 2. The lowest BCUT2D eigenvalue weighted by atomic mass is 10.1. The van der Waals surface area contributed by atoms with Gasteiger partial charge in [-0.25, -0.2) is 9.98 Å². The van der Waals surface area contributed by atoms with Crippen molar-refractivity contribution in [1.82, 2.24) is 20.5 Å². The van der Waals surface area contributed by atoms with Crippen LogP contribution >= 0.6 is 11.3 Å². The summed E-state index contributed by atoms with van der Waals surface area (Å²) in [5, 5.41) is 7.72. The van der Waals surface area contributed by atoms with Crippen LogP contribution in [-0.4, -0.2) is 35.5 Å². The van der Waals surface area contributed by atoms with Crippen molar-refractivity contribution in [1.29, 1.82) is 0 Å². The van der Waals surface area contributed by atoms with Crippen molar-refractivity contribution in [3.8, 4) is 0 Å². The molecule has 0 spiro atoms. The maximum absolute atomic E-state index is 4.69. The number of nitrogens with one attached hydrogen (secondary N) is 2. The zero-order valence-corrected chi connectivity index (χ0v) is 17.2. The molecule has 1 aromatic heterocycles. The molecule has 0 bridgehead atoms. The highest BCUT2D eigenvalue weighted by Crippen LogP contribution is 2.11. The van der Waals surface area contributed by atoms with Crippen LogP contribution in [0.15, 0.2) is 35.5 Å². The van der Waals surface area contributed by atoms with Crippen LogP contribution in [0.5, 0.6) is 0 Å². The lowest BCUT2D eigenvalue weighted by Crippen LogP contribution is -2.36. The van der Waals surface area contributed by atoms with Crippen molar-refractivity contribution in [2.45, 2.75) is 47.3 Å². The van der Waals surface area contributed by atoms with E-state index in [-0.39, 0.29) is 0 Å². The molecule has 5 nitrogen and oxygen atoms in total. The molecule has 142 valence electrons. The summed E-state index contributed by atoms with van der Waals surface area (Å²) in [6.45, 7) is 13.9. The Morgan fingerprint density at radius 1 is 1.08 bits per heavy atom. The Morgan fingerprint density at radius 3 is 2.35 bits per heavy atom. The number of aliphatic imine (C=N–C) groups is 1. The molecule has 0 aliphatic carbocycles. The van der Waals surface area contributed by atoms with Crippen molar-refractivity contribution in [2.24, 2.45) is 4.99 Å². The number of nitrogens with zero attached hydrogens (tertiary/aromatic N) is 3. The third-order valence-corrected chi connectivity index (χ3v) is 5.08. The fourth-order valence-corrected chi connectivity index (χ4v) is 3.34. The topological polar surface area (TPSA) is 52.6 Å². The van der Waals surface area contributed by atoms with Gasteiger partial charge >= 0.3 is 0 Å². The van der Waals surface area contributed by atoms with Crippen LogP contribution in [0.25, 0.3) is 0 Å². The van der Waals surface area contributed by atoms with Crippen LogP contribution < -0.4 is 10.6 Å². The lowest BCUT2D eigenvalue weighted by molar-refractivity contribution is 0.296. The van der Waals surface area contributed by atoms with E-state index in [0.29, 0.717) is 13.1 Å². The van der Waals surface area contributed by atoms with E-state index >= 15 is 0 Å². The summed E-state index contributed by atoms with van der Waals surface area (Å²) < 4.78 is 0. The Morgan fingerprint density at radius 2 is 1.77 bits per heavy atom. The number of benzene rings is 1. The van der Waals surface area contributed by atoms with E-state index in [0.717, 1.165) is 37.1 Å². The lowest BCUT2D eigenvalue weighted by Gasteiger charge is -2.18. The SMILES string of the molecule is CCNC(=NCc1ccc(CN(CC)CC)cc1)NCc1ncc(C)s1. The molecule has 6 heteroatoms. The zero-order chi connectivity index (χ0) is 18.8. The van der Waals surface area contributed by atoms with Gasteiger partial charge in [-0.15, -0.1) is 11.3 Å². The predicted octanol–water partition coefficient (Wildman–Crippen LogP) is 3.55. The first kappa shape index (κ1) is 20.4. The van der Waals surface area contributed by atoms with Gasteiger partial charge in [0.25, 0.3) is 0 Å². The average molecular weight is 374 g/mol. The first-order valence-electron chi connectivity index (χ1n) is 9.38. The van der Waals surface area contributed by atoms with Gasteiger partial charge in [0, 0.05) is 24.2 Å². The minimum absolute atomic E-state index is 0.664. The molecular weight excluding hydrogens is 342 g/mol. The van der Waals surface area contributed by atoms with Gasteiger partial charge in [-0.05, 0) is 38.1 Å². The van der Waals surface area contributed by atoms with Crippen molar-refractivity contribution < 1.29 is 0 Å². The van der Waals surface area contributed by atoms with Gasteiger partial charge < -0.3 is 10.6 Å². The van der Waals surface area contributed by atoms with Gasteiger partial charge in [-0.1, -0.05) is 38.1 Å². The summed E-state index contributed by atoms with van der Waals surface area (Å²) in [5.74, 6) is 0.826. The van der Waals surface area contributed by atoms with Gasteiger partial charge in [-0.2, -0.15) is 0 Å². The monoisotopic (exact) mass is 373 g/mol. The molecule has 1 heterocycles. The van der Waals surface area contributed by atoms with E-state index in [9.17, 15) is 0 Å². The summed E-state index contributed by atoms with van der Waals surface area (Å²) in [6, 6.07) is 8.77. The molecule has 0 saturated heterocycles. The summed E-state index contributed by atoms with van der Waals surface area (Å²) in [6.07, 6.45) is 1.91. The van der Waals surface area contributed by atoms with Crippen LogP contribution in [0.3, 0.4) is 0 Å². The molecule has 0 aliphatic heterocycles. The first-order valence-corrected chi connectivity index (χ1v) is 10.2. The van der Waals surface area contributed by atoms with Crippen molar-refractivity contribution in [3.05, 3.63) is 51.5 Å². The Bertz CT molecular complexity index is 674. The molecule has 0 amide bonds. The van der Waals surface area contributed by atoms with E-state index in [1.165, 1.54) is 16.0 Å². The summed E-state index contributed by atoms with van der Waals surface area (Å²) in [7, 11) is 0. The van der Waals surface area contributed by atoms with Crippen LogP contribution in [0.2, 0.25) is 0 Å². The fraction of sp³-hybridized carbons (Fsp3) is 0.500. The number of hydrogen-bond acceptors (Lipinski definition) is 4. The minimum atomic E-state index is 0.664. The van der Waals surface area contributed by atoms with E-state index in [2.05, 4.69) is 77.5 Å². The van der Waals surface area contributed by atoms with E-state index in [4.69, 9.17) is 0 Å². The standard InChI is InChI=1S/C20H31N5S/c1-5-21-20(24-14-19-22-12-16(4)26-19)23-13-17-8-10-18(11-9-17)15-25(6-2)7-3/h8-12H,5-7,13-15H2,1-4H3,(H2,21,23,24). The molecule has 2 N–H and O–H groups in total. The first-order chi connectivity index (χ1) is 12.6. The van der Waals surface area contributed by atoms with E-state index in [1.807, 2.05) is 6.20 Å². The maximum Gasteiger partial charge on any atom is 0.191 e. The number of aryl methyl sites for hydroxylation is 1. The molecule has 26 heavy (non-hydrogen) atoms. The Balaban J connectivity index is 1.91. The van der Waals surface area contributed by atoms with Gasteiger partial charge in [0.15, 0.2) is 5.96 Å². The van der Waals surface area contributed by atoms with Crippen LogP contribution in [0.4, 0.5) is 0 Å².